The molecule has 21 heavy (non-hydrogen) atoms. The maximum Gasteiger partial charge on any atom is 0.213 e. The van der Waals surface area contributed by atoms with E-state index in [0.29, 0.717) is 6.61 Å². The van der Waals surface area contributed by atoms with Gasteiger partial charge in [0.15, 0.2) is 0 Å². The SMILES string of the molecule is CCOc1ccc(C=NC23C[NH+]4C[NH+](C[NH+](C4)C2)C3)cc1. The van der Waals surface area contributed by atoms with Gasteiger partial charge in [-0.3, -0.25) is 4.99 Å². The first-order valence-electron chi connectivity index (χ1n) is 8.03. The number of nitrogens with zero attached hydrogens (tertiary/aromatic N) is 1. The van der Waals surface area contributed by atoms with E-state index in [2.05, 4.69) is 18.3 Å². The fourth-order valence-electron chi connectivity index (χ4n) is 4.37. The molecule has 5 rings (SSSR count). The molecule has 0 aliphatic carbocycles. The van der Waals surface area contributed by atoms with Crippen LogP contribution in [0.25, 0.3) is 0 Å². The van der Waals surface area contributed by atoms with Crippen LogP contribution in [0.4, 0.5) is 0 Å². The highest BCUT2D eigenvalue weighted by Crippen LogP contribution is 2.13. The molecule has 4 saturated heterocycles. The topological polar surface area (TPSA) is 34.9 Å². The molecular formula is C16H25N4O+3. The number of rotatable bonds is 4. The number of aliphatic imine (C=N–C) groups is 1. The van der Waals surface area contributed by atoms with E-state index < -0.39 is 0 Å². The average molecular weight is 289 g/mol. The number of quaternary nitrogens is 3. The number of hydrogen-bond donors (Lipinski definition) is 3. The minimum Gasteiger partial charge on any atom is -0.494 e. The maximum absolute atomic E-state index is 5.48. The fourth-order valence-corrected chi connectivity index (χ4v) is 4.37. The van der Waals surface area contributed by atoms with Crippen LogP contribution in [0.2, 0.25) is 0 Å². The van der Waals surface area contributed by atoms with Gasteiger partial charge in [-0.25, -0.2) is 14.7 Å². The molecule has 0 radical (unpaired) electrons. The van der Waals surface area contributed by atoms with Gasteiger partial charge in [0.25, 0.3) is 0 Å². The van der Waals surface area contributed by atoms with Gasteiger partial charge < -0.3 is 4.74 Å². The summed E-state index contributed by atoms with van der Waals surface area (Å²) in [5.74, 6) is 0.936. The third-order valence-corrected chi connectivity index (χ3v) is 4.92. The van der Waals surface area contributed by atoms with Crippen LogP contribution in [0.1, 0.15) is 12.5 Å². The molecule has 0 aromatic heterocycles. The van der Waals surface area contributed by atoms with Gasteiger partial charge >= 0.3 is 0 Å². The van der Waals surface area contributed by atoms with Crippen molar-refractivity contribution in [3.05, 3.63) is 29.8 Å². The summed E-state index contributed by atoms with van der Waals surface area (Å²) in [6.07, 6.45) is 2.07. The van der Waals surface area contributed by atoms with E-state index in [9.17, 15) is 0 Å². The Balaban J connectivity index is 1.50. The lowest BCUT2D eigenvalue weighted by molar-refractivity contribution is -1.29. The van der Waals surface area contributed by atoms with Crippen molar-refractivity contribution in [3.63, 3.8) is 0 Å². The van der Waals surface area contributed by atoms with Crippen molar-refractivity contribution in [1.29, 1.82) is 0 Å². The van der Waals surface area contributed by atoms with Gasteiger partial charge in [-0.1, -0.05) is 0 Å². The van der Waals surface area contributed by atoms with Crippen LogP contribution in [0.5, 0.6) is 5.75 Å². The molecule has 4 fully saturated rings. The lowest BCUT2D eigenvalue weighted by Gasteiger charge is -2.50. The van der Waals surface area contributed by atoms with E-state index in [0.717, 1.165) is 5.75 Å². The second-order valence-corrected chi connectivity index (χ2v) is 6.80. The van der Waals surface area contributed by atoms with Crippen molar-refractivity contribution in [2.45, 2.75) is 12.5 Å². The van der Waals surface area contributed by atoms with Crippen LogP contribution >= 0.6 is 0 Å². The van der Waals surface area contributed by atoms with Crippen molar-refractivity contribution in [1.82, 2.24) is 0 Å². The standard InChI is InChI=1S/C16H22N4O/c1-2-21-15-5-3-14(4-6-15)7-17-16-8-18-11-19(9-16)13-20(10-16)12-18/h3-7H,2,8-13H2,1H3/p+3. The third-order valence-electron chi connectivity index (χ3n) is 4.92. The van der Waals surface area contributed by atoms with Crippen molar-refractivity contribution < 1.29 is 19.4 Å². The molecule has 4 aliphatic heterocycles. The van der Waals surface area contributed by atoms with Crippen LogP contribution < -0.4 is 19.4 Å². The zero-order valence-electron chi connectivity index (χ0n) is 12.7. The Bertz CT molecular complexity index is 504. The summed E-state index contributed by atoms with van der Waals surface area (Å²) in [5, 5.41) is 0. The highest BCUT2D eigenvalue weighted by Gasteiger charge is 2.57. The molecule has 3 N–H and O–H groups in total. The Morgan fingerprint density at radius 1 is 1.05 bits per heavy atom. The molecule has 5 heteroatoms. The minimum absolute atomic E-state index is 0.174. The summed E-state index contributed by atoms with van der Waals surface area (Å²) in [4.78, 5) is 10.2. The van der Waals surface area contributed by atoms with Gasteiger partial charge in [-0.2, -0.15) is 0 Å². The molecule has 4 bridgehead atoms. The third kappa shape index (κ3) is 2.57. The second kappa shape index (κ2) is 5.09. The summed E-state index contributed by atoms with van der Waals surface area (Å²) in [5.41, 5.74) is 1.35. The van der Waals surface area contributed by atoms with E-state index in [1.807, 2.05) is 19.1 Å². The highest BCUT2D eigenvalue weighted by atomic mass is 16.5. The minimum atomic E-state index is 0.174. The molecule has 0 unspecified atom stereocenters. The van der Waals surface area contributed by atoms with E-state index in [1.54, 1.807) is 14.7 Å². The lowest BCUT2D eigenvalue weighted by atomic mass is 9.91. The van der Waals surface area contributed by atoms with Crippen molar-refractivity contribution in [2.24, 2.45) is 4.99 Å². The van der Waals surface area contributed by atoms with Gasteiger partial charge in [0.05, 0.1) is 6.61 Å². The van der Waals surface area contributed by atoms with Crippen LogP contribution in [0.3, 0.4) is 0 Å². The first-order valence-corrected chi connectivity index (χ1v) is 8.03. The molecule has 5 nitrogen and oxygen atoms in total. The van der Waals surface area contributed by atoms with Crippen LogP contribution in [0, 0.1) is 0 Å². The van der Waals surface area contributed by atoms with Gasteiger partial charge in [-0.15, -0.1) is 0 Å². The van der Waals surface area contributed by atoms with Gasteiger partial charge in [0.2, 0.25) is 25.5 Å². The molecule has 0 spiro atoms. The second-order valence-electron chi connectivity index (χ2n) is 6.80. The quantitative estimate of drug-likeness (QED) is 0.502. The zero-order chi connectivity index (χ0) is 14.3. The van der Waals surface area contributed by atoms with Crippen LogP contribution in [-0.2, 0) is 0 Å². The molecule has 0 saturated carbocycles. The van der Waals surface area contributed by atoms with Crippen LogP contribution in [0.15, 0.2) is 29.3 Å². The molecular weight excluding hydrogens is 264 g/mol. The Labute approximate surface area is 125 Å². The fraction of sp³-hybridized carbons (Fsp3) is 0.562. The first-order chi connectivity index (χ1) is 10.2. The summed E-state index contributed by atoms with van der Waals surface area (Å²) in [6, 6.07) is 8.26. The summed E-state index contributed by atoms with van der Waals surface area (Å²) < 4.78 is 5.48. The Morgan fingerprint density at radius 3 is 2.14 bits per heavy atom. The predicted molar refractivity (Wildman–Crippen MR) is 80.0 cm³/mol. The molecule has 1 aromatic carbocycles. The van der Waals surface area contributed by atoms with Crippen molar-refractivity contribution >= 4 is 6.21 Å². The van der Waals surface area contributed by atoms with Crippen molar-refractivity contribution in [3.8, 4) is 5.75 Å². The van der Waals surface area contributed by atoms with Crippen LogP contribution in [-0.4, -0.2) is 58.0 Å². The first kappa shape index (κ1) is 13.2. The highest BCUT2D eigenvalue weighted by molar-refractivity contribution is 5.80. The van der Waals surface area contributed by atoms with Gasteiger partial charge in [0, 0.05) is 6.21 Å². The van der Waals surface area contributed by atoms with Crippen molar-refractivity contribution in [2.75, 3.05) is 46.2 Å². The van der Waals surface area contributed by atoms with E-state index >= 15 is 0 Å². The monoisotopic (exact) mass is 289 g/mol. The summed E-state index contributed by atoms with van der Waals surface area (Å²) >= 11 is 0. The Morgan fingerprint density at radius 2 is 1.62 bits per heavy atom. The number of benzene rings is 1. The number of hydrogen-bond acceptors (Lipinski definition) is 2. The van der Waals surface area contributed by atoms with Gasteiger partial charge in [0.1, 0.15) is 25.4 Å². The summed E-state index contributed by atoms with van der Waals surface area (Å²) in [7, 11) is 0. The molecule has 0 atom stereocenters. The Kier molecular flexibility index (Phi) is 3.21. The summed E-state index contributed by atoms with van der Waals surface area (Å²) in [6.45, 7) is 10.3. The lowest BCUT2D eigenvalue weighted by Crippen LogP contribution is -3.56. The number of ether oxygens (including phenoxy) is 1. The largest absolute Gasteiger partial charge is 0.494 e. The smallest absolute Gasteiger partial charge is 0.213 e. The number of nitrogens with one attached hydrogen (secondary N) is 3. The molecule has 1 aromatic rings. The molecule has 0 amide bonds. The average Bonchev–Trinajstić information content (AvgIpc) is 2.46. The predicted octanol–water partition coefficient (Wildman–Crippen LogP) is -3.19. The molecule has 4 aliphatic rings. The van der Waals surface area contributed by atoms with Gasteiger partial charge in [-0.05, 0) is 36.8 Å². The molecule has 4 heterocycles. The normalized spacial score (nSPS) is 37.3. The van der Waals surface area contributed by atoms with E-state index in [-0.39, 0.29) is 5.54 Å². The Hall–Kier alpha value is -1.43. The van der Waals surface area contributed by atoms with E-state index in [1.165, 1.54) is 45.2 Å². The van der Waals surface area contributed by atoms with E-state index in [4.69, 9.17) is 9.73 Å². The maximum atomic E-state index is 5.48. The molecule has 112 valence electrons. The zero-order valence-corrected chi connectivity index (χ0v) is 12.7.